The molecule has 134 valence electrons. The summed E-state index contributed by atoms with van der Waals surface area (Å²) in [6.07, 6.45) is 0.0422. The number of rotatable bonds is 5. The average molecular weight is 417 g/mol. The van der Waals surface area contributed by atoms with Crippen LogP contribution in [0.4, 0.5) is 0 Å². The van der Waals surface area contributed by atoms with E-state index in [4.69, 9.17) is 5.11 Å². The van der Waals surface area contributed by atoms with E-state index >= 15 is 0 Å². The maximum Gasteiger partial charge on any atom is 0.303 e. The second-order valence-corrected chi connectivity index (χ2v) is 6.88. The monoisotopic (exact) mass is 416 g/mol. The van der Waals surface area contributed by atoms with E-state index in [0.29, 0.717) is 12.0 Å². The van der Waals surface area contributed by atoms with E-state index in [1.54, 1.807) is 24.3 Å². The quantitative estimate of drug-likeness (QED) is 0.777. The lowest BCUT2D eigenvalue weighted by Crippen LogP contribution is -2.27. The topological polar surface area (TPSA) is 90.2 Å². The molecular weight excluding hydrogens is 400 g/mol. The Morgan fingerprint density at radius 2 is 1.81 bits per heavy atom. The molecule has 6 nitrogen and oxygen atoms in total. The Hall–Kier alpha value is -2.67. The van der Waals surface area contributed by atoms with Crippen LogP contribution in [-0.2, 0) is 9.59 Å². The van der Waals surface area contributed by atoms with Crippen LogP contribution in [0.25, 0.3) is 0 Å². The first-order chi connectivity index (χ1) is 12.5. The molecule has 1 heterocycles. The van der Waals surface area contributed by atoms with Crippen molar-refractivity contribution < 1.29 is 19.8 Å². The third-order valence-corrected chi connectivity index (χ3v) is 4.72. The molecule has 2 aromatic carbocycles. The molecule has 1 atom stereocenters. The Morgan fingerprint density at radius 1 is 1.12 bits per heavy atom. The Bertz CT molecular complexity index is 864. The maximum atomic E-state index is 12.5. The van der Waals surface area contributed by atoms with Gasteiger partial charge in [0.05, 0.1) is 18.2 Å². The number of carboxylic acids is 1. The summed E-state index contributed by atoms with van der Waals surface area (Å²) in [4.78, 5) is 23.3. The number of hydrogen-bond acceptors (Lipinski definition) is 4. The van der Waals surface area contributed by atoms with Crippen molar-refractivity contribution in [3.8, 4) is 5.75 Å². The Labute approximate surface area is 158 Å². The smallest absolute Gasteiger partial charge is 0.303 e. The number of carboxylic acid groups (broad SMARTS) is 1. The highest BCUT2D eigenvalue weighted by atomic mass is 79.9. The number of phenols is 1. The third kappa shape index (κ3) is 3.94. The molecule has 3 rings (SSSR count). The molecule has 0 aromatic heterocycles. The molecule has 2 aromatic rings. The van der Waals surface area contributed by atoms with E-state index in [-0.39, 0.29) is 24.5 Å². The first-order valence-corrected chi connectivity index (χ1v) is 8.90. The zero-order valence-electron chi connectivity index (χ0n) is 13.8. The van der Waals surface area contributed by atoms with Crippen molar-refractivity contribution in [2.24, 2.45) is 5.10 Å². The Morgan fingerprint density at radius 3 is 2.46 bits per heavy atom. The molecule has 0 fully saturated rings. The number of halogens is 1. The summed E-state index contributed by atoms with van der Waals surface area (Å²) in [6.45, 7) is 0. The lowest BCUT2D eigenvalue weighted by atomic mass is 9.97. The number of para-hydroxylation sites is 1. The predicted molar refractivity (Wildman–Crippen MR) is 99.9 cm³/mol. The highest BCUT2D eigenvalue weighted by Crippen LogP contribution is 2.37. The summed E-state index contributed by atoms with van der Waals surface area (Å²) in [6, 6.07) is 13.9. The van der Waals surface area contributed by atoms with Gasteiger partial charge in [-0.05, 0) is 23.8 Å². The summed E-state index contributed by atoms with van der Waals surface area (Å²) < 4.78 is 0.937. The minimum Gasteiger partial charge on any atom is -0.508 e. The van der Waals surface area contributed by atoms with Gasteiger partial charge in [-0.3, -0.25) is 9.59 Å². The van der Waals surface area contributed by atoms with Crippen LogP contribution in [0.5, 0.6) is 5.75 Å². The Kier molecular flexibility index (Phi) is 5.37. The summed E-state index contributed by atoms with van der Waals surface area (Å²) in [7, 11) is 0. The number of carbonyl (C=O) groups is 2. The number of amides is 1. The number of carbonyl (C=O) groups excluding carboxylic acids is 1. The van der Waals surface area contributed by atoms with Gasteiger partial charge in [0, 0.05) is 22.9 Å². The van der Waals surface area contributed by atoms with Crippen molar-refractivity contribution in [2.45, 2.75) is 25.3 Å². The molecule has 1 amide bonds. The Balaban J connectivity index is 1.93. The molecule has 0 saturated carbocycles. The molecule has 2 N–H and O–H groups in total. The largest absolute Gasteiger partial charge is 0.508 e. The zero-order chi connectivity index (χ0) is 18.7. The molecule has 1 aliphatic heterocycles. The molecule has 0 unspecified atom stereocenters. The van der Waals surface area contributed by atoms with Gasteiger partial charge in [-0.15, -0.1) is 0 Å². The van der Waals surface area contributed by atoms with Crippen molar-refractivity contribution in [1.29, 1.82) is 0 Å². The summed E-state index contributed by atoms with van der Waals surface area (Å²) >= 11 is 3.39. The third-order valence-electron chi connectivity index (χ3n) is 4.19. The first-order valence-electron chi connectivity index (χ1n) is 8.11. The number of aliphatic carboxylic acids is 1. The van der Waals surface area contributed by atoms with E-state index in [0.717, 1.165) is 15.7 Å². The number of phenolic OH excluding ortho intramolecular Hbond substituents is 1. The van der Waals surface area contributed by atoms with Crippen molar-refractivity contribution in [1.82, 2.24) is 5.01 Å². The van der Waals surface area contributed by atoms with Crippen LogP contribution in [0.2, 0.25) is 0 Å². The van der Waals surface area contributed by atoms with Crippen LogP contribution in [-0.4, -0.2) is 32.8 Å². The molecule has 0 saturated heterocycles. The number of nitrogens with zero attached hydrogens (tertiary/aromatic N) is 2. The van der Waals surface area contributed by atoms with Crippen molar-refractivity contribution in [2.75, 3.05) is 0 Å². The number of benzene rings is 2. The number of aromatic hydroxyl groups is 1. The van der Waals surface area contributed by atoms with Crippen LogP contribution < -0.4 is 0 Å². The fourth-order valence-electron chi connectivity index (χ4n) is 2.90. The van der Waals surface area contributed by atoms with Gasteiger partial charge in [0.25, 0.3) is 0 Å². The fourth-order valence-corrected chi connectivity index (χ4v) is 3.16. The lowest BCUT2D eigenvalue weighted by Gasteiger charge is -2.22. The molecule has 0 radical (unpaired) electrons. The summed E-state index contributed by atoms with van der Waals surface area (Å²) in [5.74, 6) is -1.33. The van der Waals surface area contributed by atoms with Crippen LogP contribution in [0, 0.1) is 0 Å². The van der Waals surface area contributed by atoms with Crippen LogP contribution in [0.3, 0.4) is 0 Å². The number of hydrogen-bond donors (Lipinski definition) is 2. The van der Waals surface area contributed by atoms with Crippen LogP contribution >= 0.6 is 15.9 Å². The molecule has 26 heavy (non-hydrogen) atoms. The summed E-state index contributed by atoms with van der Waals surface area (Å²) in [5.41, 5.74) is 2.18. The summed E-state index contributed by atoms with van der Waals surface area (Å²) in [5, 5.41) is 24.8. The highest BCUT2D eigenvalue weighted by Gasteiger charge is 2.34. The molecule has 0 aliphatic carbocycles. The zero-order valence-corrected chi connectivity index (χ0v) is 15.4. The predicted octanol–water partition coefficient (Wildman–Crippen LogP) is 3.70. The molecular formula is C19H17BrN2O4. The van der Waals surface area contributed by atoms with Gasteiger partial charge >= 0.3 is 5.97 Å². The highest BCUT2D eigenvalue weighted by molar-refractivity contribution is 9.10. The van der Waals surface area contributed by atoms with E-state index in [2.05, 4.69) is 21.0 Å². The molecule has 7 heteroatoms. The van der Waals surface area contributed by atoms with Gasteiger partial charge in [0.1, 0.15) is 5.75 Å². The molecule has 0 bridgehead atoms. The number of hydrazone groups is 1. The standard InChI is InChI=1S/C19H17BrN2O4/c20-13-7-5-12(6-8-13)15-11-16(14-3-1-2-4-17(14)23)22(21-15)18(24)9-10-19(25)26/h1-8,16,23H,9-11H2,(H,25,26)/t16-/m1/s1. The average Bonchev–Trinajstić information content (AvgIpc) is 3.06. The normalized spacial score (nSPS) is 16.4. The van der Waals surface area contributed by atoms with Crippen molar-refractivity contribution in [3.05, 3.63) is 64.1 Å². The van der Waals surface area contributed by atoms with Gasteiger partial charge in [0.15, 0.2) is 0 Å². The fraction of sp³-hybridized carbons (Fsp3) is 0.211. The van der Waals surface area contributed by atoms with Crippen LogP contribution in [0.1, 0.15) is 36.4 Å². The van der Waals surface area contributed by atoms with Crippen molar-refractivity contribution >= 4 is 33.5 Å². The second kappa shape index (κ2) is 7.70. The van der Waals surface area contributed by atoms with Gasteiger partial charge in [-0.1, -0.05) is 46.3 Å². The van der Waals surface area contributed by atoms with Crippen molar-refractivity contribution in [3.63, 3.8) is 0 Å². The van der Waals surface area contributed by atoms with E-state index in [1.807, 2.05) is 24.3 Å². The van der Waals surface area contributed by atoms with E-state index < -0.39 is 12.0 Å². The second-order valence-electron chi connectivity index (χ2n) is 5.96. The van der Waals surface area contributed by atoms with Gasteiger partial charge in [-0.2, -0.15) is 5.10 Å². The maximum absolute atomic E-state index is 12.5. The van der Waals surface area contributed by atoms with Gasteiger partial charge in [0.2, 0.25) is 5.91 Å². The first kappa shape index (κ1) is 18.1. The minimum atomic E-state index is -1.03. The lowest BCUT2D eigenvalue weighted by molar-refractivity contribution is -0.141. The van der Waals surface area contributed by atoms with Gasteiger partial charge in [-0.25, -0.2) is 5.01 Å². The minimum absolute atomic E-state index is 0.0841. The SMILES string of the molecule is O=C(O)CCC(=O)N1N=C(c2ccc(Br)cc2)C[C@@H]1c1ccccc1O. The molecule has 0 spiro atoms. The van der Waals surface area contributed by atoms with Gasteiger partial charge < -0.3 is 10.2 Å². The van der Waals surface area contributed by atoms with Crippen LogP contribution in [0.15, 0.2) is 58.1 Å². The van der Waals surface area contributed by atoms with E-state index in [9.17, 15) is 14.7 Å². The van der Waals surface area contributed by atoms with E-state index in [1.165, 1.54) is 5.01 Å². The molecule has 1 aliphatic rings.